The molecule has 0 fully saturated rings. The summed E-state index contributed by atoms with van der Waals surface area (Å²) in [5.74, 6) is -1.13. The first-order chi connectivity index (χ1) is 4.79. The number of hydrogen-bond acceptors (Lipinski definition) is 4. The predicted octanol–water partition coefficient (Wildman–Crippen LogP) is -4.23. The fourth-order valence-corrected chi connectivity index (χ4v) is 0.571. The molecule has 5 heteroatoms. The SMILES string of the molecule is O=C([O-])Cc1ccncn1.[Li+]. The van der Waals surface area contributed by atoms with Gasteiger partial charge in [-0.15, -0.1) is 0 Å². The molecule has 0 aromatic carbocycles. The van der Waals surface area contributed by atoms with Crippen LogP contribution < -0.4 is 24.0 Å². The molecule has 52 valence electrons. The largest absolute Gasteiger partial charge is 1.00 e. The van der Waals surface area contributed by atoms with E-state index in [2.05, 4.69) is 9.97 Å². The van der Waals surface area contributed by atoms with E-state index < -0.39 is 5.97 Å². The second-order valence-corrected chi connectivity index (χ2v) is 1.75. The van der Waals surface area contributed by atoms with E-state index >= 15 is 0 Å². The van der Waals surface area contributed by atoms with Gasteiger partial charge in [0, 0.05) is 24.3 Å². The van der Waals surface area contributed by atoms with Crippen molar-refractivity contribution in [2.45, 2.75) is 6.42 Å². The Hall–Kier alpha value is -0.853. The first kappa shape index (κ1) is 10.1. The molecular formula is C6H5LiN2O2. The van der Waals surface area contributed by atoms with Crippen LogP contribution in [0, 0.1) is 0 Å². The quantitative estimate of drug-likeness (QED) is 0.394. The summed E-state index contributed by atoms with van der Waals surface area (Å²) >= 11 is 0. The summed E-state index contributed by atoms with van der Waals surface area (Å²) in [4.78, 5) is 17.3. The molecule has 0 aliphatic carbocycles. The van der Waals surface area contributed by atoms with Crippen molar-refractivity contribution in [3.05, 3.63) is 24.3 Å². The van der Waals surface area contributed by atoms with Crippen LogP contribution in [0.5, 0.6) is 0 Å². The molecule has 1 heterocycles. The summed E-state index contributed by atoms with van der Waals surface area (Å²) in [7, 11) is 0. The van der Waals surface area contributed by atoms with Gasteiger partial charge in [-0.1, -0.05) is 0 Å². The fourth-order valence-electron chi connectivity index (χ4n) is 0.571. The van der Waals surface area contributed by atoms with Gasteiger partial charge in [0.05, 0.1) is 0 Å². The Kier molecular flexibility index (Phi) is 4.51. The van der Waals surface area contributed by atoms with Crippen LogP contribution in [0.3, 0.4) is 0 Å². The number of carboxylic acids is 1. The van der Waals surface area contributed by atoms with Crippen LogP contribution in [0.1, 0.15) is 5.69 Å². The number of carbonyl (C=O) groups excluding carboxylic acids is 1. The minimum atomic E-state index is -1.13. The molecular weight excluding hydrogens is 139 g/mol. The van der Waals surface area contributed by atoms with Gasteiger partial charge in [0.2, 0.25) is 0 Å². The van der Waals surface area contributed by atoms with Crippen LogP contribution in [0.25, 0.3) is 0 Å². The predicted molar refractivity (Wildman–Crippen MR) is 30.7 cm³/mol. The maximum atomic E-state index is 10.00. The van der Waals surface area contributed by atoms with E-state index in [0.717, 1.165) is 0 Å². The van der Waals surface area contributed by atoms with E-state index in [-0.39, 0.29) is 25.3 Å². The third kappa shape index (κ3) is 3.76. The van der Waals surface area contributed by atoms with Crippen molar-refractivity contribution in [2.24, 2.45) is 0 Å². The molecule has 0 N–H and O–H groups in total. The number of rotatable bonds is 2. The van der Waals surface area contributed by atoms with E-state index in [9.17, 15) is 9.90 Å². The summed E-state index contributed by atoms with van der Waals surface area (Å²) in [5, 5.41) is 10.00. The van der Waals surface area contributed by atoms with Crippen LogP contribution >= 0.6 is 0 Å². The first-order valence-electron chi connectivity index (χ1n) is 2.74. The third-order valence-electron chi connectivity index (χ3n) is 0.969. The molecule has 0 saturated heterocycles. The van der Waals surface area contributed by atoms with Crippen molar-refractivity contribution in [1.29, 1.82) is 0 Å². The molecule has 0 atom stereocenters. The Labute approximate surface area is 75.9 Å². The Morgan fingerprint density at radius 3 is 2.82 bits per heavy atom. The molecule has 4 nitrogen and oxygen atoms in total. The van der Waals surface area contributed by atoms with Crippen LogP contribution in [0.15, 0.2) is 18.6 Å². The molecule has 0 aliphatic heterocycles. The van der Waals surface area contributed by atoms with Gasteiger partial charge in [0.25, 0.3) is 0 Å². The molecule has 0 unspecified atom stereocenters. The summed E-state index contributed by atoms with van der Waals surface area (Å²) in [6.45, 7) is 0. The normalized spacial score (nSPS) is 8.36. The zero-order valence-corrected chi connectivity index (χ0v) is 6.15. The number of aromatic nitrogens is 2. The second kappa shape index (κ2) is 4.89. The summed E-state index contributed by atoms with van der Waals surface area (Å²) < 4.78 is 0. The maximum absolute atomic E-state index is 10.00. The number of carbonyl (C=O) groups is 1. The van der Waals surface area contributed by atoms with Gasteiger partial charge in [-0.3, -0.25) is 0 Å². The molecule has 1 rings (SSSR count). The Morgan fingerprint density at radius 1 is 1.64 bits per heavy atom. The van der Waals surface area contributed by atoms with Crippen molar-refractivity contribution in [1.82, 2.24) is 9.97 Å². The van der Waals surface area contributed by atoms with Crippen LogP contribution in [0.2, 0.25) is 0 Å². The number of nitrogens with zero attached hydrogens (tertiary/aromatic N) is 2. The standard InChI is InChI=1S/C6H6N2O2.Li/c9-6(10)3-5-1-2-7-4-8-5;/h1-2,4H,3H2,(H,9,10);/q;+1/p-1. The number of carboxylic acid groups (broad SMARTS) is 1. The van der Waals surface area contributed by atoms with E-state index in [0.29, 0.717) is 5.69 Å². The van der Waals surface area contributed by atoms with Gasteiger partial charge in [0.15, 0.2) is 0 Å². The molecule has 0 radical (unpaired) electrons. The smallest absolute Gasteiger partial charge is 0.550 e. The molecule has 0 saturated carbocycles. The van der Waals surface area contributed by atoms with E-state index in [1.54, 1.807) is 0 Å². The van der Waals surface area contributed by atoms with E-state index in [4.69, 9.17) is 0 Å². The van der Waals surface area contributed by atoms with Crippen molar-refractivity contribution < 1.29 is 28.8 Å². The van der Waals surface area contributed by atoms with Crippen molar-refractivity contribution in [3.8, 4) is 0 Å². The van der Waals surface area contributed by atoms with Crippen LogP contribution in [-0.2, 0) is 11.2 Å². The Bertz CT molecular complexity index is 227. The first-order valence-corrected chi connectivity index (χ1v) is 2.74. The van der Waals surface area contributed by atoms with Gasteiger partial charge < -0.3 is 9.90 Å². The minimum Gasteiger partial charge on any atom is -0.550 e. The average Bonchev–Trinajstić information content (AvgIpc) is 1.88. The van der Waals surface area contributed by atoms with E-state index in [1.807, 2.05) is 0 Å². The van der Waals surface area contributed by atoms with Crippen molar-refractivity contribution in [2.75, 3.05) is 0 Å². The Balaban J connectivity index is 0.000001000. The van der Waals surface area contributed by atoms with Crippen molar-refractivity contribution in [3.63, 3.8) is 0 Å². The van der Waals surface area contributed by atoms with Gasteiger partial charge in [-0.25, -0.2) is 9.97 Å². The minimum absolute atomic E-state index is 0. The monoisotopic (exact) mass is 144 g/mol. The zero-order chi connectivity index (χ0) is 7.40. The Morgan fingerprint density at radius 2 is 2.36 bits per heavy atom. The molecule has 0 spiro atoms. The van der Waals surface area contributed by atoms with Gasteiger partial charge in [-0.05, 0) is 6.07 Å². The molecule has 1 aromatic heterocycles. The molecule has 11 heavy (non-hydrogen) atoms. The third-order valence-corrected chi connectivity index (χ3v) is 0.969. The summed E-state index contributed by atoms with van der Waals surface area (Å²) in [6, 6.07) is 1.54. The number of aliphatic carboxylic acids is 1. The van der Waals surface area contributed by atoms with Gasteiger partial charge >= 0.3 is 18.9 Å². The average molecular weight is 144 g/mol. The van der Waals surface area contributed by atoms with Crippen LogP contribution in [0.4, 0.5) is 0 Å². The fraction of sp³-hybridized carbons (Fsp3) is 0.167. The molecule has 0 bridgehead atoms. The summed E-state index contributed by atoms with van der Waals surface area (Å²) in [6.07, 6.45) is 2.64. The van der Waals surface area contributed by atoms with Crippen molar-refractivity contribution >= 4 is 5.97 Å². The maximum Gasteiger partial charge on any atom is 1.00 e. The second-order valence-electron chi connectivity index (χ2n) is 1.75. The van der Waals surface area contributed by atoms with Gasteiger partial charge in [-0.2, -0.15) is 0 Å². The van der Waals surface area contributed by atoms with Crippen LogP contribution in [-0.4, -0.2) is 15.9 Å². The number of hydrogen-bond donors (Lipinski definition) is 0. The molecule has 0 amide bonds. The zero-order valence-electron chi connectivity index (χ0n) is 6.15. The van der Waals surface area contributed by atoms with E-state index in [1.165, 1.54) is 18.6 Å². The summed E-state index contributed by atoms with van der Waals surface area (Å²) in [5.41, 5.74) is 0.468. The molecule has 0 aliphatic rings. The van der Waals surface area contributed by atoms with Gasteiger partial charge in [0.1, 0.15) is 6.33 Å². The topological polar surface area (TPSA) is 65.9 Å². The molecule has 1 aromatic rings.